The van der Waals surface area contributed by atoms with Crippen molar-refractivity contribution < 1.29 is 9.59 Å². The van der Waals surface area contributed by atoms with E-state index < -0.39 is 0 Å². The predicted molar refractivity (Wildman–Crippen MR) is 127 cm³/mol. The number of aryl methyl sites for hydroxylation is 2. The molecular formula is C23H26ClN5O2S. The van der Waals surface area contributed by atoms with Gasteiger partial charge in [0.15, 0.2) is 0 Å². The Labute approximate surface area is 195 Å². The van der Waals surface area contributed by atoms with E-state index in [1.807, 2.05) is 6.07 Å². The van der Waals surface area contributed by atoms with Gasteiger partial charge in [-0.15, -0.1) is 11.3 Å². The number of thiazole rings is 1. The van der Waals surface area contributed by atoms with Gasteiger partial charge in [-0.25, -0.2) is 4.98 Å². The molecule has 3 aromatic rings. The molecule has 0 spiro atoms. The number of likely N-dealkylation sites (tertiary alicyclic amines) is 1. The monoisotopic (exact) mass is 471 g/mol. The minimum absolute atomic E-state index is 0.0304. The molecule has 1 saturated heterocycles. The molecule has 1 aliphatic rings. The summed E-state index contributed by atoms with van der Waals surface area (Å²) in [5, 5.41) is 13.2. The topological polar surface area (TPSA) is 91.0 Å². The van der Waals surface area contributed by atoms with Crippen LogP contribution in [0.25, 0.3) is 10.9 Å². The molecule has 9 heteroatoms. The molecule has 0 aliphatic carbocycles. The van der Waals surface area contributed by atoms with Crippen molar-refractivity contribution in [2.24, 2.45) is 0 Å². The second kappa shape index (κ2) is 8.67. The van der Waals surface area contributed by atoms with E-state index in [1.165, 1.54) is 17.4 Å². The number of benzene rings is 1. The van der Waals surface area contributed by atoms with E-state index in [2.05, 4.69) is 53.9 Å². The number of amides is 2. The second-order valence-corrected chi connectivity index (χ2v) is 10.6. The lowest BCUT2D eigenvalue weighted by Crippen LogP contribution is -2.60. The van der Waals surface area contributed by atoms with Gasteiger partial charge >= 0.3 is 0 Å². The first-order valence-electron chi connectivity index (χ1n) is 10.5. The molecule has 0 unspecified atom stereocenters. The zero-order valence-electron chi connectivity index (χ0n) is 18.4. The number of fused-ring (bicyclic) bond motifs is 1. The zero-order valence-corrected chi connectivity index (χ0v) is 19.9. The van der Waals surface area contributed by atoms with E-state index in [0.29, 0.717) is 24.4 Å². The Hall–Kier alpha value is -2.71. The highest BCUT2D eigenvalue weighted by molar-refractivity contribution is 7.13. The zero-order chi connectivity index (χ0) is 23.0. The maximum Gasteiger partial charge on any atom is 0.263 e. The van der Waals surface area contributed by atoms with Gasteiger partial charge in [-0.05, 0) is 35.6 Å². The number of carbonyl (C=O) groups is 2. The third-order valence-corrected chi connectivity index (χ3v) is 6.97. The molecule has 0 atom stereocenters. The number of halogens is 1. The lowest BCUT2D eigenvalue weighted by atomic mass is 9.86. The summed E-state index contributed by atoms with van der Waals surface area (Å²) in [7, 11) is 0. The van der Waals surface area contributed by atoms with Crippen molar-refractivity contribution in [1.29, 1.82) is 0 Å². The van der Waals surface area contributed by atoms with Crippen LogP contribution >= 0.6 is 22.9 Å². The summed E-state index contributed by atoms with van der Waals surface area (Å²) >= 11 is 7.85. The number of nitrogens with one attached hydrogen (secondary N) is 2. The molecule has 4 rings (SSSR count). The fraction of sp³-hybridized carbons (Fsp3) is 0.391. The first kappa shape index (κ1) is 22.5. The molecule has 168 valence electrons. The summed E-state index contributed by atoms with van der Waals surface area (Å²) in [6.07, 6.45) is 4.34. The third kappa shape index (κ3) is 4.56. The van der Waals surface area contributed by atoms with Crippen molar-refractivity contribution in [2.45, 2.75) is 45.1 Å². The molecule has 32 heavy (non-hydrogen) atoms. The molecule has 0 radical (unpaired) electrons. The van der Waals surface area contributed by atoms with Crippen LogP contribution in [-0.2, 0) is 23.1 Å². The van der Waals surface area contributed by atoms with Gasteiger partial charge in [-0.2, -0.15) is 5.10 Å². The van der Waals surface area contributed by atoms with E-state index in [0.717, 1.165) is 38.6 Å². The minimum atomic E-state index is -0.152. The average Bonchev–Trinajstić information content (AvgIpc) is 3.33. The summed E-state index contributed by atoms with van der Waals surface area (Å²) in [5.41, 5.74) is 2.91. The highest BCUT2D eigenvalue weighted by Crippen LogP contribution is 2.33. The van der Waals surface area contributed by atoms with E-state index in [-0.39, 0.29) is 23.3 Å². The van der Waals surface area contributed by atoms with Crippen molar-refractivity contribution in [3.05, 3.63) is 57.1 Å². The Bertz CT molecular complexity index is 1190. The van der Waals surface area contributed by atoms with E-state index in [9.17, 15) is 9.59 Å². The van der Waals surface area contributed by atoms with Crippen LogP contribution in [0.5, 0.6) is 0 Å². The Kier molecular flexibility index (Phi) is 6.09. The van der Waals surface area contributed by atoms with Gasteiger partial charge in [0.1, 0.15) is 4.88 Å². The summed E-state index contributed by atoms with van der Waals surface area (Å²) in [4.78, 5) is 30.6. The second-order valence-electron chi connectivity index (χ2n) is 9.04. The fourth-order valence-corrected chi connectivity index (χ4v) is 5.01. The van der Waals surface area contributed by atoms with Gasteiger partial charge in [0.2, 0.25) is 5.91 Å². The molecular weight excluding hydrogens is 446 g/mol. The number of carbonyl (C=O) groups excluding carboxylic acids is 2. The highest BCUT2D eigenvalue weighted by Gasteiger charge is 2.31. The van der Waals surface area contributed by atoms with E-state index in [1.54, 1.807) is 11.1 Å². The normalized spacial score (nSPS) is 14.4. The maximum absolute atomic E-state index is 12.5. The molecule has 0 saturated carbocycles. The smallest absolute Gasteiger partial charge is 0.263 e. The molecule has 2 aromatic heterocycles. The van der Waals surface area contributed by atoms with Crippen LogP contribution in [0.3, 0.4) is 0 Å². The van der Waals surface area contributed by atoms with Crippen LogP contribution in [0, 0.1) is 0 Å². The first-order chi connectivity index (χ1) is 15.2. The summed E-state index contributed by atoms with van der Waals surface area (Å²) in [6, 6.07) is 4.00. The van der Waals surface area contributed by atoms with Crippen LogP contribution in [-0.4, -0.2) is 51.0 Å². The molecule has 2 N–H and O–H groups in total. The van der Waals surface area contributed by atoms with Crippen LogP contribution < -0.4 is 5.32 Å². The van der Waals surface area contributed by atoms with Crippen molar-refractivity contribution in [1.82, 2.24) is 25.4 Å². The summed E-state index contributed by atoms with van der Waals surface area (Å²) < 4.78 is 0. The quantitative estimate of drug-likeness (QED) is 0.534. The Balaban J connectivity index is 1.38. The molecule has 0 bridgehead atoms. The number of hydrogen-bond donors (Lipinski definition) is 2. The van der Waals surface area contributed by atoms with E-state index in [4.69, 9.17) is 11.6 Å². The fourth-order valence-electron chi connectivity index (χ4n) is 3.75. The SMILES string of the molecule is C=CC(=O)N1CC(NC(=O)c2cnc(CCc3[nH]nc4cc(Cl)c(C(C)(C)C)cc34)s2)C1. The lowest BCUT2D eigenvalue weighted by Gasteiger charge is -2.38. The molecule has 7 nitrogen and oxygen atoms in total. The van der Waals surface area contributed by atoms with Crippen molar-refractivity contribution in [2.75, 3.05) is 13.1 Å². The maximum atomic E-state index is 12.5. The van der Waals surface area contributed by atoms with Gasteiger partial charge in [0.25, 0.3) is 5.91 Å². The largest absolute Gasteiger partial charge is 0.345 e. The lowest BCUT2D eigenvalue weighted by molar-refractivity contribution is -0.130. The van der Waals surface area contributed by atoms with Crippen molar-refractivity contribution >= 4 is 45.7 Å². The molecule has 1 aliphatic heterocycles. The van der Waals surface area contributed by atoms with E-state index >= 15 is 0 Å². The van der Waals surface area contributed by atoms with Gasteiger partial charge < -0.3 is 10.2 Å². The number of hydrogen-bond acceptors (Lipinski definition) is 5. The Morgan fingerprint density at radius 2 is 2.09 bits per heavy atom. The molecule has 3 heterocycles. The van der Waals surface area contributed by atoms with Crippen LogP contribution in [0.1, 0.15) is 46.7 Å². The molecule has 2 amide bonds. The standard InChI is InChI=1S/C23H26ClN5O2S/c1-5-21(30)29-11-13(12-29)26-22(31)19-10-25-20(32-19)7-6-17-14-8-15(23(2,3)4)16(24)9-18(14)28-27-17/h5,8-10,13H,1,6-7,11-12H2,2-4H3,(H,26,31)(H,27,28). The van der Waals surface area contributed by atoms with Crippen LogP contribution in [0.15, 0.2) is 31.0 Å². The predicted octanol–water partition coefficient (Wildman–Crippen LogP) is 3.88. The number of aromatic nitrogens is 3. The van der Waals surface area contributed by atoms with Gasteiger partial charge in [0, 0.05) is 35.6 Å². The van der Waals surface area contributed by atoms with Crippen molar-refractivity contribution in [3.8, 4) is 0 Å². The minimum Gasteiger partial charge on any atom is -0.345 e. The number of aromatic amines is 1. The number of rotatable bonds is 6. The van der Waals surface area contributed by atoms with Gasteiger partial charge in [-0.3, -0.25) is 14.7 Å². The first-order valence-corrected chi connectivity index (χ1v) is 11.7. The third-order valence-electron chi connectivity index (χ3n) is 5.60. The molecule has 1 fully saturated rings. The van der Waals surface area contributed by atoms with Crippen LogP contribution in [0.2, 0.25) is 5.02 Å². The molecule has 1 aromatic carbocycles. The van der Waals surface area contributed by atoms with Gasteiger partial charge in [-0.1, -0.05) is 39.0 Å². The Morgan fingerprint density at radius 3 is 2.78 bits per heavy atom. The van der Waals surface area contributed by atoms with Gasteiger partial charge in [0.05, 0.1) is 22.8 Å². The summed E-state index contributed by atoms with van der Waals surface area (Å²) in [5.74, 6) is -0.264. The number of H-pyrrole nitrogens is 1. The number of nitrogens with zero attached hydrogens (tertiary/aromatic N) is 3. The van der Waals surface area contributed by atoms with Crippen LogP contribution in [0.4, 0.5) is 0 Å². The van der Waals surface area contributed by atoms with Crippen molar-refractivity contribution in [3.63, 3.8) is 0 Å². The highest BCUT2D eigenvalue weighted by atomic mass is 35.5. The average molecular weight is 472 g/mol. The Morgan fingerprint density at radius 1 is 1.34 bits per heavy atom. The summed E-state index contributed by atoms with van der Waals surface area (Å²) in [6.45, 7) is 10.9.